The second kappa shape index (κ2) is 6.01. The molecule has 0 aromatic heterocycles. The van der Waals surface area contributed by atoms with Crippen molar-refractivity contribution in [2.45, 2.75) is 31.7 Å². The Morgan fingerprint density at radius 2 is 2.06 bits per heavy atom. The highest BCUT2D eigenvalue weighted by Gasteiger charge is 2.17. The second-order valence-electron chi connectivity index (χ2n) is 4.26. The smallest absolute Gasteiger partial charge is 0.241 e. The zero-order chi connectivity index (χ0) is 13.8. The number of nitrogens with two attached hydrogens (primary N) is 1. The summed E-state index contributed by atoms with van der Waals surface area (Å²) in [6.07, 6.45) is 0. The van der Waals surface area contributed by atoms with E-state index in [9.17, 15) is 8.42 Å². The number of hydrogen-bond acceptors (Lipinski definition) is 3. The van der Waals surface area contributed by atoms with Gasteiger partial charge in [-0.3, -0.25) is 0 Å². The molecule has 4 nitrogen and oxygen atoms in total. The van der Waals surface area contributed by atoms with Crippen molar-refractivity contribution >= 4 is 10.0 Å². The maximum absolute atomic E-state index is 12.1. The van der Waals surface area contributed by atoms with E-state index in [1.165, 1.54) is 0 Å². The molecule has 0 bridgehead atoms. The van der Waals surface area contributed by atoms with Crippen molar-refractivity contribution in [1.82, 2.24) is 4.72 Å². The summed E-state index contributed by atoms with van der Waals surface area (Å²) in [6.45, 7) is 5.57. The van der Waals surface area contributed by atoms with Gasteiger partial charge in [-0.1, -0.05) is 17.9 Å². The van der Waals surface area contributed by atoms with E-state index < -0.39 is 10.0 Å². The molecule has 0 saturated heterocycles. The topological polar surface area (TPSA) is 72.2 Å². The first-order chi connectivity index (χ1) is 8.36. The largest absolute Gasteiger partial charge is 0.320 e. The van der Waals surface area contributed by atoms with Crippen molar-refractivity contribution < 1.29 is 8.42 Å². The Morgan fingerprint density at radius 1 is 1.39 bits per heavy atom. The Kier molecular flexibility index (Phi) is 4.91. The van der Waals surface area contributed by atoms with Crippen LogP contribution in [0.5, 0.6) is 0 Å². The summed E-state index contributed by atoms with van der Waals surface area (Å²) in [5, 5.41) is 0. The number of nitrogens with one attached hydrogen (secondary N) is 1. The van der Waals surface area contributed by atoms with Gasteiger partial charge >= 0.3 is 0 Å². The molecule has 0 atom stereocenters. The molecule has 0 aliphatic rings. The average molecular weight is 266 g/mol. The van der Waals surface area contributed by atoms with Crippen LogP contribution in [0.25, 0.3) is 0 Å². The van der Waals surface area contributed by atoms with E-state index in [1.807, 2.05) is 0 Å². The fraction of sp³-hybridized carbons (Fsp3) is 0.385. The zero-order valence-corrected chi connectivity index (χ0v) is 11.6. The van der Waals surface area contributed by atoms with Crippen LogP contribution in [-0.4, -0.2) is 21.0 Å². The van der Waals surface area contributed by atoms with Gasteiger partial charge in [0, 0.05) is 11.6 Å². The van der Waals surface area contributed by atoms with Crippen LogP contribution in [0.2, 0.25) is 0 Å². The van der Waals surface area contributed by atoms with E-state index in [-0.39, 0.29) is 17.5 Å². The van der Waals surface area contributed by atoms with E-state index >= 15 is 0 Å². The highest BCUT2D eigenvalue weighted by Crippen LogP contribution is 2.16. The number of aryl methyl sites for hydroxylation is 1. The normalized spacial score (nSPS) is 11.2. The Labute approximate surface area is 109 Å². The molecular formula is C13H18N2O2S. The first kappa shape index (κ1) is 14.7. The van der Waals surface area contributed by atoms with Gasteiger partial charge in [0.05, 0.1) is 11.4 Å². The molecular weight excluding hydrogens is 248 g/mol. The molecule has 0 fully saturated rings. The molecule has 0 radical (unpaired) electrons. The minimum absolute atomic E-state index is 0.145. The van der Waals surface area contributed by atoms with Crippen LogP contribution < -0.4 is 10.5 Å². The van der Waals surface area contributed by atoms with Crippen molar-refractivity contribution in [3.05, 3.63) is 29.3 Å². The van der Waals surface area contributed by atoms with Crippen LogP contribution in [0.15, 0.2) is 23.1 Å². The van der Waals surface area contributed by atoms with E-state index in [1.54, 1.807) is 39.0 Å². The number of benzene rings is 1. The lowest BCUT2D eigenvalue weighted by atomic mass is 10.1. The lowest BCUT2D eigenvalue weighted by molar-refractivity contribution is 0.569. The van der Waals surface area contributed by atoms with Gasteiger partial charge in [-0.15, -0.1) is 0 Å². The standard InChI is InChI=1S/C13H18N2O2S/c1-10(2)15-18(16,17)13-9-12(5-4-8-14)7-6-11(13)3/h6-7,9-10,15H,8,14H2,1-3H3. The van der Waals surface area contributed by atoms with Crippen LogP contribution in [0, 0.1) is 18.8 Å². The van der Waals surface area contributed by atoms with Gasteiger partial charge in [-0.2, -0.15) is 0 Å². The molecule has 1 aromatic carbocycles. The quantitative estimate of drug-likeness (QED) is 0.801. The van der Waals surface area contributed by atoms with E-state index in [2.05, 4.69) is 16.6 Å². The van der Waals surface area contributed by atoms with E-state index in [0.29, 0.717) is 11.1 Å². The number of rotatable bonds is 3. The fourth-order valence-corrected chi connectivity index (χ4v) is 3.02. The molecule has 0 heterocycles. The summed E-state index contributed by atoms with van der Waals surface area (Å²) < 4.78 is 26.8. The van der Waals surface area contributed by atoms with Crippen LogP contribution in [0.4, 0.5) is 0 Å². The summed E-state index contributed by atoms with van der Waals surface area (Å²) in [7, 11) is -3.49. The maximum Gasteiger partial charge on any atom is 0.241 e. The molecule has 5 heteroatoms. The van der Waals surface area contributed by atoms with Crippen molar-refractivity contribution in [1.29, 1.82) is 0 Å². The second-order valence-corrected chi connectivity index (χ2v) is 5.94. The molecule has 0 spiro atoms. The maximum atomic E-state index is 12.1. The Bertz CT molecular complexity index is 581. The first-order valence-corrected chi connectivity index (χ1v) is 7.17. The van der Waals surface area contributed by atoms with Crippen LogP contribution >= 0.6 is 0 Å². The van der Waals surface area contributed by atoms with Crippen molar-refractivity contribution in [3.63, 3.8) is 0 Å². The van der Waals surface area contributed by atoms with E-state index in [0.717, 1.165) is 0 Å². The SMILES string of the molecule is Cc1ccc(C#CCN)cc1S(=O)(=O)NC(C)C. The van der Waals surface area contributed by atoms with Crippen LogP contribution in [0.1, 0.15) is 25.0 Å². The van der Waals surface area contributed by atoms with Gasteiger partial charge < -0.3 is 5.73 Å². The summed E-state index contributed by atoms with van der Waals surface area (Å²) in [6, 6.07) is 4.96. The number of hydrogen-bond donors (Lipinski definition) is 2. The third kappa shape index (κ3) is 3.84. The zero-order valence-electron chi connectivity index (χ0n) is 10.8. The summed E-state index contributed by atoms with van der Waals surface area (Å²) >= 11 is 0. The van der Waals surface area contributed by atoms with Gasteiger partial charge in [-0.25, -0.2) is 13.1 Å². The Balaban J connectivity index is 3.23. The molecule has 0 amide bonds. The van der Waals surface area contributed by atoms with Crippen molar-refractivity contribution in [2.75, 3.05) is 6.54 Å². The monoisotopic (exact) mass is 266 g/mol. The van der Waals surface area contributed by atoms with Gasteiger partial charge in [-0.05, 0) is 38.5 Å². The summed E-state index contributed by atoms with van der Waals surface area (Å²) in [5.41, 5.74) is 6.64. The Morgan fingerprint density at radius 3 is 2.61 bits per heavy atom. The highest BCUT2D eigenvalue weighted by molar-refractivity contribution is 7.89. The molecule has 0 aliphatic carbocycles. The molecule has 98 valence electrons. The average Bonchev–Trinajstić information content (AvgIpc) is 2.26. The third-order valence-corrected chi connectivity index (χ3v) is 4.00. The first-order valence-electron chi connectivity index (χ1n) is 5.68. The fourth-order valence-electron chi connectivity index (χ4n) is 1.49. The molecule has 0 aliphatic heterocycles. The number of sulfonamides is 1. The molecule has 1 rings (SSSR count). The third-order valence-electron chi connectivity index (χ3n) is 2.20. The van der Waals surface area contributed by atoms with Gasteiger partial charge in [0.25, 0.3) is 0 Å². The van der Waals surface area contributed by atoms with E-state index in [4.69, 9.17) is 5.73 Å². The van der Waals surface area contributed by atoms with Gasteiger partial charge in [0.1, 0.15) is 0 Å². The highest BCUT2D eigenvalue weighted by atomic mass is 32.2. The minimum Gasteiger partial charge on any atom is -0.320 e. The molecule has 0 saturated carbocycles. The molecule has 0 unspecified atom stereocenters. The predicted molar refractivity (Wildman–Crippen MR) is 72.6 cm³/mol. The minimum atomic E-state index is -3.49. The summed E-state index contributed by atoms with van der Waals surface area (Å²) in [5.74, 6) is 5.54. The molecule has 3 N–H and O–H groups in total. The van der Waals surface area contributed by atoms with Crippen LogP contribution in [-0.2, 0) is 10.0 Å². The van der Waals surface area contributed by atoms with Crippen molar-refractivity contribution in [3.8, 4) is 11.8 Å². The predicted octanol–water partition coefficient (Wildman–Crippen LogP) is 0.992. The summed E-state index contributed by atoms with van der Waals surface area (Å²) in [4.78, 5) is 0.264. The van der Waals surface area contributed by atoms with Crippen LogP contribution in [0.3, 0.4) is 0 Å². The van der Waals surface area contributed by atoms with Gasteiger partial charge in [0.2, 0.25) is 10.0 Å². The van der Waals surface area contributed by atoms with Gasteiger partial charge in [0.15, 0.2) is 0 Å². The lowest BCUT2D eigenvalue weighted by Gasteiger charge is -2.11. The molecule has 18 heavy (non-hydrogen) atoms. The molecule has 1 aromatic rings. The Hall–Kier alpha value is -1.35. The van der Waals surface area contributed by atoms with Crippen molar-refractivity contribution in [2.24, 2.45) is 5.73 Å². The lowest BCUT2D eigenvalue weighted by Crippen LogP contribution is -2.30.